The SMILES string of the molecule is NCCCCC(NS(=O)(=O)c1ccc([N+](=O)[O-])cc1)C(=O)Nc1c2c(cc3c1CCC3)CCC2. The average Bonchev–Trinajstić information content (AvgIpc) is 3.47. The second kappa shape index (κ2) is 10.2. The molecule has 4 rings (SSSR count). The molecule has 0 saturated carbocycles. The fourth-order valence-corrected chi connectivity index (χ4v) is 6.15. The van der Waals surface area contributed by atoms with Gasteiger partial charge < -0.3 is 11.1 Å². The number of benzene rings is 2. The maximum Gasteiger partial charge on any atom is 0.269 e. The summed E-state index contributed by atoms with van der Waals surface area (Å²) >= 11 is 0. The van der Waals surface area contributed by atoms with Crippen molar-refractivity contribution < 1.29 is 18.1 Å². The van der Waals surface area contributed by atoms with Gasteiger partial charge in [0.15, 0.2) is 0 Å². The molecule has 0 aromatic heterocycles. The molecule has 4 N–H and O–H groups in total. The Morgan fingerprint density at radius 2 is 1.65 bits per heavy atom. The fourth-order valence-electron chi connectivity index (χ4n) is 4.92. The van der Waals surface area contributed by atoms with E-state index in [1.54, 1.807) is 0 Å². The van der Waals surface area contributed by atoms with Crippen LogP contribution in [-0.4, -0.2) is 31.8 Å². The van der Waals surface area contributed by atoms with Gasteiger partial charge in [-0.05, 0) is 92.3 Å². The number of hydrogen-bond acceptors (Lipinski definition) is 6. The molecule has 2 aromatic rings. The van der Waals surface area contributed by atoms with E-state index in [0.717, 1.165) is 56.3 Å². The quantitative estimate of drug-likeness (QED) is 0.267. The van der Waals surface area contributed by atoms with Crippen LogP contribution >= 0.6 is 0 Å². The van der Waals surface area contributed by atoms with E-state index in [2.05, 4.69) is 16.1 Å². The third kappa shape index (κ3) is 5.13. The zero-order valence-electron chi connectivity index (χ0n) is 19.0. The minimum atomic E-state index is -4.06. The Labute approximate surface area is 199 Å². The molecule has 0 bridgehead atoms. The first-order chi connectivity index (χ1) is 16.3. The molecule has 2 aliphatic rings. The minimum absolute atomic E-state index is 0.129. The highest BCUT2D eigenvalue weighted by molar-refractivity contribution is 7.89. The van der Waals surface area contributed by atoms with Crippen LogP contribution in [0.5, 0.6) is 0 Å². The van der Waals surface area contributed by atoms with E-state index in [9.17, 15) is 23.3 Å². The molecule has 1 amide bonds. The summed E-state index contributed by atoms with van der Waals surface area (Å²) in [5.74, 6) is -0.392. The number of nitrogens with zero attached hydrogens (tertiary/aromatic N) is 1. The number of anilines is 1. The van der Waals surface area contributed by atoms with Crippen LogP contribution in [-0.2, 0) is 40.5 Å². The normalized spacial score (nSPS) is 15.6. The number of non-ortho nitro benzene ring substituents is 1. The summed E-state index contributed by atoms with van der Waals surface area (Å²) in [6.07, 6.45) is 7.46. The van der Waals surface area contributed by atoms with Gasteiger partial charge >= 0.3 is 0 Å². The van der Waals surface area contributed by atoms with Gasteiger partial charge in [0.25, 0.3) is 5.69 Å². The largest absolute Gasteiger partial charge is 0.330 e. The molecule has 0 radical (unpaired) electrons. The van der Waals surface area contributed by atoms with Crippen LogP contribution in [0.25, 0.3) is 0 Å². The van der Waals surface area contributed by atoms with Crippen molar-refractivity contribution in [1.29, 1.82) is 0 Å². The Bertz CT molecular complexity index is 1160. The zero-order valence-corrected chi connectivity index (χ0v) is 19.8. The van der Waals surface area contributed by atoms with E-state index in [4.69, 9.17) is 5.73 Å². The van der Waals surface area contributed by atoms with E-state index in [0.29, 0.717) is 25.8 Å². The van der Waals surface area contributed by atoms with E-state index < -0.39 is 26.9 Å². The molecule has 2 aliphatic carbocycles. The lowest BCUT2D eigenvalue weighted by Crippen LogP contribution is -2.44. The first-order valence-corrected chi connectivity index (χ1v) is 13.2. The van der Waals surface area contributed by atoms with Gasteiger partial charge in [0.2, 0.25) is 15.9 Å². The number of unbranched alkanes of at least 4 members (excludes halogenated alkanes) is 1. The lowest BCUT2D eigenvalue weighted by molar-refractivity contribution is -0.384. The topological polar surface area (TPSA) is 144 Å². The van der Waals surface area contributed by atoms with E-state index in [1.165, 1.54) is 34.4 Å². The first kappa shape index (κ1) is 24.3. The number of nitro benzene ring substituents is 1. The fraction of sp³-hybridized carbons (Fsp3) is 0.458. The van der Waals surface area contributed by atoms with Crippen LogP contribution in [0.3, 0.4) is 0 Å². The van der Waals surface area contributed by atoms with Crippen LogP contribution in [0.1, 0.15) is 54.4 Å². The highest BCUT2D eigenvalue weighted by Gasteiger charge is 2.29. The number of rotatable bonds is 10. The Kier molecular flexibility index (Phi) is 7.30. The molecule has 2 aromatic carbocycles. The predicted octanol–water partition coefficient (Wildman–Crippen LogP) is 2.99. The highest BCUT2D eigenvalue weighted by Crippen LogP contribution is 2.38. The molecule has 0 saturated heterocycles. The molecule has 9 nitrogen and oxygen atoms in total. The summed E-state index contributed by atoms with van der Waals surface area (Å²) in [6, 6.07) is 5.90. The predicted molar refractivity (Wildman–Crippen MR) is 129 cm³/mol. The maximum atomic E-state index is 13.4. The van der Waals surface area contributed by atoms with Crippen LogP contribution in [0, 0.1) is 10.1 Å². The number of carbonyl (C=O) groups is 1. The third-order valence-corrected chi connectivity index (χ3v) is 8.13. The van der Waals surface area contributed by atoms with Gasteiger partial charge in [0.1, 0.15) is 6.04 Å². The number of nitro groups is 1. The second-order valence-electron chi connectivity index (χ2n) is 8.93. The lowest BCUT2D eigenvalue weighted by Gasteiger charge is -2.21. The van der Waals surface area contributed by atoms with Gasteiger partial charge in [-0.1, -0.05) is 12.5 Å². The van der Waals surface area contributed by atoms with Crippen molar-refractivity contribution in [3.05, 3.63) is 62.7 Å². The number of sulfonamides is 1. The molecule has 0 fully saturated rings. The van der Waals surface area contributed by atoms with Crippen molar-refractivity contribution in [2.24, 2.45) is 5.73 Å². The number of aryl methyl sites for hydroxylation is 2. The molecule has 0 heterocycles. The van der Waals surface area contributed by atoms with E-state index in [1.807, 2.05) is 0 Å². The minimum Gasteiger partial charge on any atom is -0.330 e. The molecule has 0 aliphatic heterocycles. The highest BCUT2D eigenvalue weighted by atomic mass is 32.2. The van der Waals surface area contributed by atoms with Crippen molar-refractivity contribution in [3.8, 4) is 0 Å². The van der Waals surface area contributed by atoms with Crippen molar-refractivity contribution in [3.63, 3.8) is 0 Å². The molecule has 0 spiro atoms. The molecule has 182 valence electrons. The number of carbonyl (C=O) groups excluding carboxylic acids is 1. The maximum absolute atomic E-state index is 13.4. The van der Waals surface area contributed by atoms with Crippen molar-refractivity contribution >= 4 is 27.3 Å². The second-order valence-corrected chi connectivity index (χ2v) is 10.6. The van der Waals surface area contributed by atoms with Gasteiger partial charge in [-0.2, -0.15) is 4.72 Å². The summed E-state index contributed by atoms with van der Waals surface area (Å²) < 4.78 is 28.5. The summed E-state index contributed by atoms with van der Waals surface area (Å²) in [5, 5.41) is 14.0. The number of nitrogens with two attached hydrogens (primary N) is 1. The van der Waals surface area contributed by atoms with Crippen molar-refractivity contribution in [2.75, 3.05) is 11.9 Å². The van der Waals surface area contributed by atoms with Crippen LogP contribution in [0.4, 0.5) is 11.4 Å². The third-order valence-electron chi connectivity index (χ3n) is 6.64. The Hall–Kier alpha value is -2.82. The van der Waals surface area contributed by atoms with Crippen LogP contribution < -0.4 is 15.8 Å². The number of amides is 1. The summed E-state index contributed by atoms with van der Waals surface area (Å²) in [4.78, 5) is 23.6. The van der Waals surface area contributed by atoms with Crippen LogP contribution in [0.2, 0.25) is 0 Å². The molecule has 1 unspecified atom stereocenters. The standard InChI is InChI=1S/C24H30N4O5S/c25-14-2-1-9-22(27-34(32,33)19-12-10-18(11-13-19)28(30)31)24(29)26-23-20-7-3-5-16(20)15-17-6-4-8-21(17)23/h10-13,15,22,27H,1-9,14,25H2,(H,26,29). The van der Waals surface area contributed by atoms with Gasteiger partial charge in [-0.3, -0.25) is 14.9 Å². The van der Waals surface area contributed by atoms with Gasteiger partial charge in [0, 0.05) is 17.8 Å². The van der Waals surface area contributed by atoms with E-state index in [-0.39, 0.29) is 10.6 Å². The lowest BCUT2D eigenvalue weighted by atomic mass is 9.98. The monoisotopic (exact) mass is 486 g/mol. The van der Waals surface area contributed by atoms with Gasteiger partial charge in [-0.25, -0.2) is 8.42 Å². The molecular formula is C24H30N4O5S. The van der Waals surface area contributed by atoms with Crippen LogP contribution in [0.15, 0.2) is 35.2 Å². The van der Waals surface area contributed by atoms with Crippen molar-refractivity contribution in [2.45, 2.75) is 68.7 Å². The number of hydrogen-bond donors (Lipinski definition) is 3. The smallest absolute Gasteiger partial charge is 0.269 e. The Morgan fingerprint density at radius 1 is 1.03 bits per heavy atom. The molecule has 34 heavy (non-hydrogen) atoms. The first-order valence-electron chi connectivity index (χ1n) is 11.7. The molecular weight excluding hydrogens is 456 g/mol. The molecule has 1 atom stereocenters. The van der Waals surface area contributed by atoms with Gasteiger partial charge in [-0.15, -0.1) is 0 Å². The summed E-state index contributed by atoms with van der Waals surface area (Å²) in [6.45, 7) is 0.448. The Balaban J connectivity index is 1.58. The number of fused-ring (bicyclic) bond motifs is 2. The number of nitrogens with one attached hydrogen (secondary N) is 2. The van der Waals surface area contributed by atoms with Crippen molar-refractivity contribution in [1.82, 2.24) is 4.72 Å². The Morgan fingerprint density at radius 3 is 2.21 bits per heavy atom. The molecule has 10 heteroatoms. The van der Waals surface area contributed by atoms with Gasteiger partial charge in [0.05, 0.1) is 9.82 Å². The average molecular weight is 487 g/mol. The summed E-state index contributed by atoms with van der Waals surface area (Å²) in [7, 11) is -4.06. The zero-order chi connectivity index (χ0) is 24.3. The van der Waals surface area contributed by atoms with E-state index >= 15 is 0 Å². The summed E-state index contributed by atoms with van der Waals surface area (Å²) in [5.41, 5.74) is 11.2.